The van der Waals surface area contributed by atoms with Crippen LogP contribution in [-0.4, -0.2) is 51.7 Å². The van der Waals surface area contributed by atoms with Crippen LogP contribution in [0, 0.1) is 11.3 Å². The molecule has 2 aromatic heterocycles. The van der Waals surface area contributed by atoms with Gasteiger partial charge in [0.05, 0.1) is 48.5 Å². The van der Waals surface area contributed by atoms with Crippen molar-refractivity contribution in [2.24, 2.45) is 0 Å². The molecule has 1 aliphatic heterocycles. The van der Waals surface area contributed by atoms with E-state index in [-0.39, 0.29) is 5.56 Å². The number of nitrogens with one attached hydrogen (secondary N) is 2. The number of carbonyl (C=O) groups is 2. The number of carbonyl (C=O) groups excluding carboxylic acids is 2. The molecule has 2 N–H and O–H groups in total. The fraction of sp³-hybridized carbons (Fsp3) is 0.278. The van der Waals surface area contributed by atoms with Gasteiger partial charge in [0.25, 0.3) is 11.8 Å². The first-order valence-electron chi connectivity index (χ1n) is 8.36. The number of pyridine rings is 2. The first kappa shape index (κ1) is 19.2. The zero-order valence-corrected chi connectivity index (χ0v) is 14.6. The van der Waals surface area contributed by atoms with Gasteiger partial charge in [-0.05, 0) is 18.2 Å². The summed E-state index contributed by atoms with van der Waals surface area (Å²) in [7, 11) is 0. The molecule has 8 nitrogen and oxygen atoms in total. The summed E-state index contributed by atoms with van der Waals surface area (Å²) >= 11 is 0. The van der Waals surface area contributed by atoms with Crippen molar-refractivity contribution in [2.75, 3.05) is 18.4 Å². The molecule has 10 heteroatoms. The second kappa shape index (κ2) is 7.96. The highest BCUT2D eigenvalue weighted by atomic mass is 19.3. The summed E-state index contributed by atoms with van der Waals surface area (Å²) in [4.78, 5) is 33.4. The molecule has 2 aromatic rings. The summed E-state index contributed by atoms with van der Waals surface area (Å²) in [6, 6.07) is 5.42. The van der Waals surface area contributed by atoms with E-state index in [2.05, 4.69) is 20.6 Å². The van der Waals surface area contributed by atoms with E-state index < -0.39 is 43.3 Å². The number of nitriles is 1. The molecule has 0 aliphatic carbocycles. The molecule has 1 aliphatic rings. The van der Waals surface area contributed by atoms with Gasteiger partial charge in [-0.3, -0.25) is 19.6 Å². The van der Waals surface area contributed by atoms with Crippen LogP contribution in [0.4, 0.5) is 20.2 Å². The van der Waals surface area contributed by atoms with Gasteiger partial charge in [0.1, 0.15) is 6.04 Å². The van der Waals surface area contributed by atoms with E-state index >= 15 is 0 Å². The Morgan fingerprint density at radius 2 is 2.07 bits per heavy atom. The third-order valence-corrected chi connectivity index (χ3v) is 4.15. The van der Waals surface area contributed by atoms with Gasteiger partial charge < -0.3 is 15.5 Å². The van der Waals surface area contributed by atoms with Gasteiger partial charge in [-0.25, -0.2) is 8.78 Å². The average Bonchev–Trinajstić information content (AvgIpc) is 3.02. The summed E-state index contributed by atoms with van der Waals surface area (Å²) in [6.07, 6.45) is 5.32. The van der Waals surface area contributed by atoms with Crippen LogP contribution in [-0.2, 0) is 4.79 Å². The molecule has 3 rings (SSSR count). The molecule has 1 saturated heterocycles. The van der Waals surface area contributed by atoms with Crippen LogP contribution in [0.25, 0.3) is 0 Å². The van der Waals surface area contributed by atoms with Crippen molar-refractivity contribution in [3.63, 3.8) is 0 Å². The van der Waals surface area contributed by atoms with Gasteiger partial charge in [-0.15, -0.1) is 0 Å². The van der Waals surface area contributed by atoms with E-state index in [9.17, 15) is 18.4 Å². The lowest BCUT2D eigenvalue weighted by molar-refractivity contribution is -0.131. The molecule has 0 spiro atoms. The summed E-state index contributed by atoms with van der Waals surface area (Å²) in [6.45, 7) is -1.33. The molecule has 28 heavy (non-hydrogen) atoms. The third kappa shape index (κ3) is 4.37. The Labute approximate surface area is 159 Å². The van der Waals surface area contributed by atoms with Crippen molar-refractivity contribution in [1.29, 1.82) is 5.26 Å². The second-order valence-corrected chi connectivity index (χ2v) is 6.20. The monoisotopic (exact) mass is 386 g/mol. The molecule has 3 heterocycles. The quantitative estimate of drug-likeness (QED) is 0.809. The maximum absolute atomic E-state index is 13.5. The largest absolute Gasteiger partial charge is 0.352 e. The number of halogens is 2. The summed E-state index contributed by atoms with van der Waals surface area (Å²) in [5.74, 6) is -4.43. The highest BCUT2D eigenvalue weighted by molar-refractivity contribution is 6.01. The number of hydrogen-bond acceptors (Lipinski definition) is 6. The summed E-state index contributed by atoms with van der Waals surface area (Å²) in [5, 5.41) is 14.4. The Hall–Kier alpha value is -3.61. The maximum Gasteiger partial charge on any atom is 0.268 e. The van der Waals surface area contributed by atoms with Crippen molar-refractivity contribution < 1.29 is 18.4 Å². The Balaban J connectivity index is 1.66. The highest BCUT2D eigenvalue weighted by Gasteiger charge is 2.47. The standard InChI is InChI=1S/C18H16F2N6O2/c19-18(20)6-13(7-21)26(11-18)16(27)10-24-17(28)14-3-5-23-9-15(14)25-12-2-1-4-22-8-12/h1-5,8-9,13,25H,6,10-11H2,(H,24,28). The number of hydrogen-bond donors (Lipinski definition) is 2. The lowest BCUT2D eigenvalue weighted by atomic mass is 10.2. The summed E-state index contributed by atoms with van der Waals surface area (Å²) in [5.41, 5.74) is 1.25. The Morgan fingerprint density at radius 1 is 1.29 bits per heavy atom. The Morgan fingerprint density at radius 3 is 2.79 bits per heavy atom. The minimum Gasteiger partial charge on any atom is -0.352 e. The van der Waals surface area contributed by atoms with E-state index in [1.165, 1.54) is 18.5 Å². The van der Waals surface area contributed by atoms with Crippen LogP contribution in [0.3, 0.4) is 0 Å². The molecule has 0 saturated carbocycles. The highest BCUT2D eigenvalue weighted by Crippen LogP contribution is 2.31. The molecule has 0 radical (unpaired) electrons. The van der Waals surface area contributed by atoms with Crippen molar-refractivity contribution >= 4 is 23.2 Å². The minimum absolute atomic E-state index is 0.218. The lowest BCUT2D eigenvalue weighted by Gasteiger charge is -2.19. The second-order valence-electron chi connectivity index (χ2n) is 6.20. The number of nitrogens with zero attached hydrogens (tertiary/aromatic N) is 4. The van der Waals surface area contributed by atoms with Gasteiger partial charge in [0, 0.05) is 18.8 Å². The predicted molar refractivity (Wildman–Crippen MR) is 94.8 cm³/mol. The Bertz CT molecular complexity index is 916. The molecular weight excluding hydrogens is 370 g/mol. The molecule has 0 bridgehead atoms. The number of aromatic nitrogens is 2. The van der Waals surface area contributed by atoms with E-state index in [1.807, 2.05) is 0 Å². The molecule has 1 fully saturated rings. The zero-order valence-electron chi connectivity index (χ0n) is 14.6. The summed E-state index contributed by atoms with van der Waals surface area (Å²) < 4.78 is 26.9. The van der Waals surface area contributed by atoms with Gasteiger partial charge in [-0.2, -0.15) is 5.26 Å². The zero-order chi connectivity index (χ0) is 20.1. The average molecular weight is 386 g/mol. The van der Waals surface area contributed by atoms with Gasteiger partial charge >= 0.3 is 0 Å². The molecule has 144 valence electrons. The van der Waals surface area contributed by atoms with Crippen molar-refractivity contribution in [3.8, 4) is 6.07 Å². The minimum atomic E-state index is -3.11. The van der Waals surface area contributed by atoms with Gasteiger partial charge in [0.15, 0.2) is 0 Å². The van der Waals surface area contributed by atoms with Crippen LogP contribution >= 0.6 is 0 Å². The molecule has 2 amide bonds. The van der Waals surface area contributed by atoms with Crippen LogP contribution in [0.5, 0.6) is 0 Å². The SMILES string of the molecule is N#CC1CC(F)(F)CN1C(=O)CNC(=O)c1ccncc1Nc1cccnc1. The number of alkyl halides is 2. The third-order valence-electron chi connectivity index (χ3n) is 4.15. The van der Waals surface area contributed by atoms with Crippen molar-refractivity contribution in [3.05, 3.63) is 48.5 Å². The topological polar surface area (TPSA) is 111 Å². The fourth-order valence-corrected chi connectivity index (χ4v) is 2.83. The van der Waals surface area contributed by atoms with E-state index in [0.29, 0.717) is 11.4 Å². The van der Waals surface area contributed by atoms with E-state index in [0.717, 1.165) is 4.90 Å². The molecule has 0 aromatic carbocycles. The van der Waals surface area contributed by atoms with Crippen LogP contribution in [0.15, 0.2) is 43.0 Å². The Kier molecular flexibility index (Phi) is 5.44. The normalized spacial score (nSPS) is 17.6. The first-order chi connectivity index (χ1) is 13.4. The molecule has 1 atom stereocenters. The predicted octanol–water partition coefficient (Wildman–Crippen LogP) is 1.71. The number of amides is 2. The smallest absolute Gasteiger partial charge is 0.268 e. The van der Waals surface area contributed by atoms with Gasteiger partial charge in [0.2, 0.25) is 5.91 Å². The maximum atomic E-state index is 13.5. The van der Waals surface area contributed by atoms with E-state index in [1.54, 1.807) is 30.6 Å². The van der Waals surface area contributed by atoms with Crippen molar-refractivity contribution in [2.45, 2.75) is 18.4 Å². The number of rotatable bonds is 5. The van der Waals surface area contributed by atoms with Gasteiger partial charge in [-0.1, -0.05) is 0 Å². The number of anilines is 2. The fourth-order valence-electron chi connectivity index (χ4n) is 2.83. The van der Waals surface area contributed by atoms with Crippen LogP contribution in [0.1, 0.15) is 16.8 Å². The van der Waals surface area contributed by atoms with Crippen LogP contribution in [0.2, 0.25) is 0 Å². The van der Waals surface area contributed by atoms with E-state index in [4.69, 9.17) is 5.26 Å². The molecule has 1 unspecified atom stereocenters. The lowest BCUT2D eigenvalue weighted by Crippen LogP contribution is -2.43. The van der Waals surface area contributed by atoms with Crippen molar-refractivity contribution in [1.82, 2.24) is 20.2 Å². The first-order valence-corrected chi connectivity index (χ1v) is 8.36. The van der Waals surface area contributed by atoms with Crippen LogP contribution < -0.4 is 10.6 Å². The molecular formula is C18H16F2N6O2. The number of likely N-dealkylation sites (tertiary alicyclic amines) is 1.